The van der Waals surface area contributed by atoms with Crippen molar-refractivity contribution in [3.63, 3.8) is 0 Å². The highest BCUT2D eigenvalue weighted by atomic mass is 35.5. The number of anilines is 2. The van der Waals surface area contributed by atoms with Crippen LogP contribution in [-0.2, 0) is 10.0 Å². The number of nitrogen functional groups attached to an aromatic ring is 1. The number of pyridine rings is 1. The number of hydrogen-bond acceptors (Lipinski definition) is 4. The molecule has 0 amide bonds. The fourth-order valence-electron chi connectivity index (χ4n) is 1.45. The lowest BCUT2D eigenvalue weighted by atomic mass is 10.2. The molecule has 19 heavy (non-hydrogen) atoms. The molecule has 1 aromatic heterocycles. The van der Waals surface area contributed by atoms with Crippen molar-refractivity contribution < 1.29 is 8.42 Å². The highest BCUT2D eigenvalue weighted by Gasteiger charge is 2.16. The summed E-state index contributed by atoms with van der Waals surface area (Å²) in [5, 5.41) is 0.0890. The molecule has 0 fully saturated rings. The van der Waals surface area contributed by atoms with E-state index >= 15 is 0 Å². The molecule has 0 atom stereocenters. The molecule has 0 unspecified atom stereocenters. The number of sulfonamides is 1. The van der Waals surface area contributed by atoms with Gasteiger partial charge in [0.05, 0.1) is 10.6 Å². The number of nitrogens with two attached hydrogens (primary N) is 1. The molecule has 100 valence electrons. The molecule has 0 aliphatic rings. The molecule has 0 aliphatic carbocycles. The zero-order valence-corrected chi connectivity index (χ0v) is 11.7. The number of nitrogens with one attached hydrogen (secondary N) is 1. The normalized spacial score (nSPS) is 11.3. The molecule has 1 heterocycles. The lowest BCUT2D eigenvalue weighted by molar-refractivity contribution is 0.601. The van der Waals surface area contributed by atoms with Crippen LogP contribution in [0.3, 0.4) is 0 Å². The maximum Gasteiger partial charge on any atom is 0.262 e. The van der Waals surface area contributed by atoms with Gasteiger partial charge in [0.1, 0.15) is 0 Å². The van der Waals surface area contributed by atoms with E-state index in [-0.39, 0.29) is 15.7 Å². The van der Waals surface area contributed by atoms with Gasteiger partial charge >= 0.3 is 0 Å². The third-order valence-corrected chi connectivity index (χ3v) is 4.23. The Morgan fingerprint density at radius 1 is 1.32 bits per heavy atom. The summed E-state index contributed by atoms with van der Waals surface area (Å²) < 4.78 is 26.7. The monoisotopic (exact) mass is 297 g/mol. The van der Waals surface area contributed by atoms with Crippen LogP contribution in [0.1, 0.15) is 5.56 Å². The second kappa shape index (κ2) is 5.07. The molecule has 0 saturated heterocycles. The van der Waals surface area contributed by atoms with E-state index in [1.165, 1.54) is 24.4 Å². The van der Waals surface area contributed by atoms with Crippen LogP contribution in [-0.4, -0.2) is 13.4 Å². The van der Waals surface area contributed by atoms with Crippen LogP contribution in [0.15, 0.2) is 41.4 Å². The Kier molecular flexibility index (Phi) is 3.64. The second-order valence-corrected chi connectivity index (χ2v) is 6.01. The van der Waals surface area contributed by atoms with E-state index in [0.717, 1.165) is 5.56 Å². The molecular weight excluding hydrogens is 286 g/mol. The lowest BCUT2D eigenvalue weighted by Crippen LogP contribution is -2.14. The summed E-state index contributed by atoms with van der Waals surface area (Å²) in [4.78, 5) is 3.88. The van der Waals surface area contributed by atoms with Crippen molar-refractivity contribution >= 4 is 33.0 Å². The minimum atomic E-state index is -3.73. The number of rotatable bonds is 3. The van der Waals surface area contributed by atoms with Crippen molar-refractivity contribution in [1.82, 2.24) is 4.98 Å². The molecular formula is C12H12ClN3O2S. The molecule has 1 aromatic carbocycles. The molecule has 7 heteroatoms. The van der Waals surface area contributed by atoms with Gasteiger partial charge in [-0.05, 0) is 36.8 Å². The van der Waals surface area contributed by atoms with Crippen LogP contribution < -0.4 is 10.5 Å². The summed E-state index contributed by atoms with van der Waals surface area (Å²) in [6.07, 6.45) is 1.48. The van der Waals surface area contributed by atoms with E-state index in [1.807, 2.05) is 0 Å². The van der Waals surface area contributed by atoms with E-state index in [4.69, 9.17) is 17.3 Å². The first kappa shape index (κ1) is 13.6. The number of aromatic nitrogens is 1. The summed E-state index contributed by atoms with van der Waals surface area (Å²) in [6, 6.07) is 7.66. The van der Waals surface area contributed by atoms with Crippen LogP contribution >= 0.6 is 11.6 Å². The first-order chi connectivity index (χ1) is 8.90. The summed E-state index contributed by atoms with van der Waals surface area (Å²) in [7, 11) is -3.73. The number of halogens is 1. The zero-order chi connectivity index (χ0) is 14.0. The van der Waals surface area contributed by atoms with Gasteiger partial charge in [-0.25, -0.2) is 13.4 Å². The molecule has 2 rings (SSSR count). The van der Waals surface area contributed by atoms with Crippen LogP contribution in [0.5, 0.6) is 0 Å². The van der Waals surface area contributed by atoms with Gasteiger partial charge < -0.3 is 5.73 Å². The van der Waals surface area contributed by atoms with Crippen LogP contribution in [0.25, 0.3) is 0 Å². The Morgan fingerprint density at radius 3 is 2.68 bits per heavy atom. The van der Waals surface area contributed by atoms with E-state index in [2.05, 4.69) is 9.71 Å². The van der Waals surface area contributed by atoms with Crippen molar-refractivity contribution in [2.75, 3.05) is 10.5 Å². The number of hydrogen-bond donors (Lipinski definition) is 2. The van der Waals surface area contributed by atoms with Crippen molar-refractivity contribution in [2.24, 2.45) is 0 Å². The highest BCUT2D eigenvalue weighted by Crippen LogP contribution is 2.23. The SMILES string of the molecule is Cc1ccc(S(=O)(=O)Nc2cccnc2Cl)cc1N. The van der Waals surface area contributed by atoms with Crippen molar-refractivity contribution in [3.05, 3.63) is 47.2 Å². The average Bonchev–Trinajstić information content (AvgIpc) is 2.35. The predicted molar refractivity (Wildman–Crippen MR) is 75.6 cm³/mol. The molecule has 3 N–H and O–H groups in total. The minimum absolute atomic E-state index is 0.0792. The van der Waals surface area contributed by atoms with Gasteiger partial charge in [0.2, 0.25) is 0 Å². The fraction of sp³-hybridized carbons (Fsp3) is 0.0833. The van der Waals surface area contributed by atoms with Gasteiger partial charge in [0.15, 0.2) is 5.15 Å². The van der Waals surface area contributed by atoms with Gasteiger partial charge in [0.25, 0.3) is 10.0 Å². The van der Waals surface area contributed by atoms with Crippen molar-refractivity contribution in [1.29, 1.82) is 0 Å². The lowest BCUT2D eigenvalue weighted by Gasteiger charge is -2.10. The van der Waals surface area contributed by atoms with Gasteiger partial charge in [-0.2, -0.15) is 0 Å². The maximum atomic E-state index is 12.2. The third kappa shape index (κ3) is 2.97. The first-order valence-corrected chi connectivity index (χ1v) is 7.26. The maximum absolute atomic E-state index is 12.2. The molecule has 5 nitrogen and oxygen atoms in total. The van der Waals surface area contributed by atoms with Crippen molar-refractivity contribution in [3.8, 4) is 0 Å². The Bertz CT molecular complexity index is 717. The Balaban J connectivity index is 2.38. The fourth-order valence-corrected chi connectivity index (χ4v) is 2.78. The van der Waals surface area contributed by atoms with Crippen molar-refractivity contribution in [2.45, 2.75) is 11.8 Å². The Hall–Kier alpha value is -1.79. The smallest absolute Gasteiger partial charge is 0.262 e. The van der Waals surface area contributed by atoms with Gasteiger partial charge in [-0.1, -0.05) is 17.7 Å². The summed E-state index contributed by atoms with van der Waals surface area (Å²) >= 11 is 5.81. The number of nitrogens with zero attached hydrogens (tertiary/aromatic N) is 1. The van der Waals surface area contributed by atoms with E-state index < -0.39 is 10.0 Å². The Labute approximate surface area is 116 Å². The molecule has 0 bridgehead atoms. The Morgan fingerprint density at radius 2 is 2.05 bits per heavy atom. The average molecular weight is 298 g/mol. The molecule has 2 aromatic rings. The third-order valence-electron chi connectivity index (χ3n) is 2.56. The molecule has 0 aliphatic heterocycles. The summed E-state index contributed by atoms with van der Waals surface area (Å²) in [5.41, 5.74) is 7.17. The quantitative estimate of drug-likeness (QED) is 0.673. The van der Waals surface area contributed by atoms with Gasteiger partial charge in [-0.15, -0.1) is 0 Å². The molecule has 0 saturated carbocycles. The predicted octanol–water partition coefficient (Wildman–Crippen LogP) is 2.43. The van der Waals surface area contributed by atoms with Gasteiger partial charge in [0, 0.05) is 11.9 Å². The number of aryl methyl sites for hydroxylation is 1. The van der Waals surface area contributed by atoms with Crippen LogP contribution in [0.4, 0.5) is 11.4 Å². The summed E-state index contributed by atoms with van der Waals surface area (Å²) in [5.74, 6) is 0. The molecule has 0 radical (unpaired) electrons. The first-order valence-electron chi connectivity index (χ1n) is 5.39. The standard InChI is InChI=1S/C12H12ClN3O2S/c1-8-4-5-9(7-10(8)14)19(17,18)16-11-3-2-6-15-12(11)13/h2-7,16H,14H2,1H3. The van der Waals surface area contributed by atoms with Crippen LogP contribution in [0.2, 0.25) is 5.15 Å². The van der Waals surface area contributed by atoms with E-state index in [1.54, 1.807) is 19.1 Å². The second-order valence-electron chi connectivity index (χ2n) is 3.97. The van der Waals surface area contributed by atoms with Crippen LogP contribution in [0, 0.1) is 6.92 Å². The molecule has 0 spiro atoms. The zero-order valence-electron chi connectivity index (χ0n) is 10.1. The highest BCUT2D eigenvalue weighted by molar-refractivity contribution is 7.92. The summed E-state index contributed by atoms with van der Waals surface area (Å²) in [6.45, 7) is 1.80. The van der Waals surface area contributed by atoms with Gasteiger partial charge in [-0.3, -0.25) is 4.72 Å². The number of benzene rings is 1. The largest absolute Gasteiger partial charge is 0.398 e. The minimum Gasteiger partial charge on any atom is -0.398 e. The van der Waals surface area contributed by atoms with E-state index in [0.29, 0.717) is 5.69 Å². The van der Waals surface area contributed by atoms with E-state index in [9.17, 15) is 8.42 Å². The topological polar surface area (TPSA) is 85.1 Å².